The summed E-state index contributed by atoms with van der Waals surface area (Å²) in [6.07, 6.45) is 3.30. The van der Waals surface area contributed by atoms with E-state index in [4.69, 9.17) is 4.98 Å². The summed E-state index contributed by atoms with van der Waals surface area (Å²) in [5, 5.41) is 2.72. The summed E-state index contributed by atoms with van der Waals surface area (Å²) in [5.41, 5.74) is 10.5. The molecule has 1 aliphatic rings. The first-order valence-corrected chi connectivity index (χ1v) is 12.9. The van der Waals surface area contributed by atoms with Crippen LogP contribution in [0.1, 0.15) is 64.1 Å². The minimum atomic E-state index is 0.144. The predicted octanol–water partition coefficient (Wildman–Crippen LogP) is 7.01. The Morgan fingerprint density at radius 1 is 0.914 bits per heavy atom. The quantitative estimate of drug-likeness (QED) is 0.258. The van der Waals surface area contributed by atoms with E-state index in [-0.39, 0.29) is 10.8 Å². The summed E-state index contributed by atoms with van der Waals surface area (Å²) >= 11 is 0. The molecule has 35 heavy (non-hydrogen) atoms. The molecule has 6 rings (SSSR count). The van der Waals surface area contributed by atoms with Gasteiger partial charge in [0.15, 0.2) is 5.69 Å². The zero-order chi connectivity index (χ0) is 24.9. The molecule has 0 unspecified atom stereocenters. The van der Waals surface area contributed by atoms with Crippen molar-refractivity contribution in [1.82, 2.24) is 14.0 Å². The third-order valence-electron chi connectivity index (χ3n) is 7.27. The molecule has 4 heteroatoms. The van der Waals surface area contributed by atoms with Crippen LogP contribution >= 0.6 is 0 Å². The van der Waals surface area contributed by atoms with Gasteiger partial charge in [0.25, 0.3) is 11.3 Å². The highest BCUT2D eigenvalue weighted by molar-refractivity contribution is 6.11. The van der Waals surface area contributed by atoms with Gasteiger partial charge in [-0.1, -0.05) is 77.9 Å². The van der Waals surface area contributed by atoms with E-state index in [9.17, 15) is 0 Å². The maximum absolute atomic E-state index is 5.46. The molecule has 0 fully saturated rings. The Balaban J connectivity index is 1.83. The summed E-state index contributed by atoms with van der Waals surface area (Å²) in [4.78, 5) is 5.46. The Labute approximate surface area is 208 Å². The molecule has 0 bridgehead atoms. The van der Waals surface area contributed by atoms with E-state index in [1.54, 1.807) is 0 Å². The Kier molecular flexibility index (Phi) is 4.59. The molecule has 4 heterocycles. The summed E-state index contributed by atoms with van der Waals surface area (Å²) in [6, 6.07) is 13.4. The molecule has 0 spiro atoms. The van der Waals surface area contributed by atoms with Crippen LogP contribution in [0.2, 0.25) is 0 Å². The van der Waals surface area contributed by atoms with E-state index in [1.165, 1.54) is 55.7 Å². The van der Waals surface area contributed by atoms with Crippen LogP contribution in [0.25, 0.3) is 38.8 Å². The molecule has 2 aromatic carbocycles. The lowest BCUT2D eigenvalue weighted by Crippen LogP contribution is -2.28. The van der Waals surface area contributed by atoms with E-state index >= 15 is 0 Å². The fraction of sp³-hybridized carbons (Fsp3) is 0.419. The van der Waals surface area contributed by atoms with Gasteiger partial charge in [0.2, 0.25) is 0 Å². The van der Waals surface area contributed by atoms with Crippen LogP contribution in [0.3, 0.4) is 0 Å². The maximum Gasteiger partial charge on any atom is 0.297 e. The summed E-state index contributed by atoms with van der Waals surface area (Å²) in [5.74, 6) is 1.19. The van der Waals surface area contributed by atoms with Crippen LogP contribution in [0.4, 0.5) is 0 Å². The van der Waals surface area contributed by atoms with Gasteiger partial charge in [-0.3, -0.25) is 0 Å². The summed E-state index contributed by atoms with van der Waals surface area (Å²) in [7, 11) is 0. The van der Waals surface area contributed by atoms with E-state index in [1.807, 2.05) is 0 Å². The van der Waals surface area contributed by atoms with Crippen molar-refractivity contribution in [3.63, 3.8) is 0 Å². The standard InChI is InChI=1S/C31H37N4/c1-19-11-9-12-20(2)25(19)23-17-33-16-21-13-10-14-22-26(21)29(33)35(23)28-27(22)34(18-31(6,7)8)24(32-28)15-30(3,4)5/h9-14,17H,15-16,18H2,1-8H3/q+1. The average molecular weight is 466 g/mol. The zero-order valence-corrected chi connectivity index (χ0v) is 22.5. The zero-order valence-electron chi connectivity index (χ0n) is 22.5. The first-order chi connectivity index (χ1) is 16.4. The molecule has 0 radical (unpaired) electrons. The first kappa shape index (κ1) is 22.3. The normalized spacial score (nSPS) is 13.8. The predicted molar refractivity (Wildman–Crippen MR) is 145 cm³/mol. The largest absolute Gasteiger partial charge is 0.324 e. The van der Waals surface area contributed by atoms with Gasteiger partial charge in [0.1, 0.15) is 24.1 Å². The number of pyridine rings is 1. The van der Waals surface area contributed by atoms with Gasteiger partial charge in [-0.15, -0.1) is 0 Å². The number of aryl methyl sites for hydroxylation is 2. The van der Waals surface area contributed by atoms with Gasteiger partial charge >= 0.3 is 0 Å². The van der Waals surface area contributed by atoms with E-state index in [0.29, 0.717) is 0 Å². The van der Waals surface area contributed by atoms with Crippen molar-refractivity contribution in [2.24, 2.45) is 10.8 Å². The van der Waals surface area contributed by atoms with Crippen molar-refractivity contribution in [2.45, 2.75) is 74.9 Å². The third-order valence-corrected chi connectivity index (χ3v) is 7.27. The number of fused-ring (bicyclic) bond motifs is 3. The number of benzene rings is 2. The van der Waals surface area contributed by atoms with Gasteiger partial charge in [-0.25, -0.2) is 4.57 Å². The van der Waals surface area contributed by atoms with Crippen LogP contribution in [0.15, 0.2) is 42.6 Å². The summed E-state index contributed by atoms with van der Waals surface area (Å²) < 4.78 is 7.44. The third kappa shape index (κ3) is 3.41. The number of hydrogen-bond acceptors (Lipinski definition) is 1. The van der Waals surface area contributed by atoms with Crippen molar-refractivity contribution in [3.8, 4) is 11.3 Å². The summed E-state index contributed by atoms with van der Waals surface area (Å²) in [6.45, 7) is 20.2. The molecular formula is C31H37N4+. The fourth-order valence-corrected chi connectivity index (χ4v) is 6.03. The molecule has 3 aromatic heterocycles. The number of hydrogen-bond donors (Lipinski definition) is 0. The smallest absolute Gasteiger partial charge is 0.297 e. The van der Waals surface area contributed by atoms with E-state index in [0.717, 1.165) is 25.2 Å². The van der Waals surface area contributed by atoms with Crippen LogP contribution in [0, 0.1) is 24.7 Å². The molecule has 4 nitrogen and oxygen atoms in total. The topological polar surface area (TPSA) is 26.1 Å². The van der Waals surface area contributed by atoms with Crippen LogP contribution in [-0.4, -0.2) is 14.0 Å². The molecule has 0 aliphatic carbocycles. The fourth-order valence-electron chi connectivity index (χ4n) is 6.03. The van der Waals surface area contributed by atoms with E-state index < -0.39 is 0 Å². The highest BCUT2D eigenvalue weighted by Crippen LogP contribution is 2.39. The lowest BCUT2D eigenvalue weighted by molar-refractivity contribution is -0.657. The second-order valence-corrected chi connectivity index (χ2v) is 13.0. The van der Waals surface area contributed by atoms with Gasteiger partial charge in [0, 0.05) is 29.5 Å². The number of aromatic nitrogens is 4. The van der Waals surface area contributed by atoms with Crippen molar-refractivity contribution in [2.75, 3.05) is 0 Å². The first-order valence-electron chi connectivity index (χ1n) is 12.9. The van der Waals surface area contributed by atoms with Gasteiger partial charge < -0.3 is 4.57 Å². The Bertz CT molecular complexity index is 1630. The minimum Gasteiger partial charge on any atom is -0.324 e. The average Bonchev–Trinajstić information content (AvgIpc) is 3.36. The molecular weight excluding hydrogens is 428 g/mol. The van der Waals surface area contributed by atoms with Crippen LogP contribution in [0.5, 0.6) is 0 Å². The molecule has 0 atom stereocenters. The molecule has 0 saturated heterocycles. The molecule has 5 aromatic rings. The Morgan fingerprint density at radius 2 is 1.60 bits per heavy atom. The van der Waals surface area contributed by atoms with Gasteiger partial charge in [-0.05, 0) is 35.8 Å². The Morgan fingerprint density at radius 3 is 2.26 bits per heavy atom. The highest BCUT2D eigenvalue weighted by Gasteiger charge is 2.35. The minimum absolute atomic E-state index is 0.144. The van der Waals surface area contributed by atoms with Crippen molar-refractivity contribution in [1.29, 1.82) is 0 Å². The lowest BCUT2D eigenvalue weighted by Gasteiger charge is -2.24. The SMILES string of the molecule is Cc1cccc(C)c1-c1c[n+]2c3c4c(cccc4c4c(nc(CC(C)(C)C)n4CC(C)(C)C)n13)C2. The number of imidazole rings is 2. The van der Waals surface area contributed by atoms with Crippen molar-refractivity contribution < 1.29 is 4.57 Å². The Hall–Kier alpha value is -3.14. The highest BCUT2D eigenvalue weighted by atomic mass is 15.2. The van der Waals surface area contributed by atoms with Gasteiger partial charge in [0.05, 0.1) is 5.39 Å². The van der Waals surface area contributed by atoms with Crippen LogP contribution < -0.4 is 4.57 Å². The lowest BCUT2D eigenvalue weighted by atomic mass is 9.91. The molecule has 0 N–H and O–H groups in total. The number of nitrogens with zero attached hydrogens (tertiary/aromatic N) is 4. The van der Waals surface area contributed by atoms with Crippen LogP contribution in [-0.2, 0) is 19.5 Å². The van der Waals surface area contributed by atoms with E-state index in [2.05, 4.69) is 112 Å². The van der Waals surface area contributed by atoms with Crippen molar-refractivity contribution in [3.05, 3.63) is 65.1 Å². The maximum atomic E-state index is 5.46. The van der Waals surface area contributed by atoms with Gasteiger partial charge in [-0.2, -0.15) is 9.38 Å². The number of rotatable bonds is 3. The monoisotopic (exact) mass is 465 g/mol. The molecule has 0 amide bonds. The molecule has 0 saturated carbocycles. The second kappa shape index (κ2) is 7.19. The second-order valence-electron chi connectivity index (χ2n) is 13.0. The van der Waals surface area contributed by atoms with Crippen molar-refractivity contribution >= 4 is 27.6 Å². The molecule has 1 aliphatic heterocycles. The molecule has 180 valence electrons.